The zero-order valence-corrected chi connectivity index (χ0v) is 14.1. The van der Waals surface area contributed by atoms with Crippen molar-refractivity contribution in [1.82, 2.24) is 14.8 Å². The van der Waals surface area contributed by atoms with Crippen LogP contribution in [-0.2, 0) is 0 Å². The maximum absolute atomic E-state index is 12.8. The average Bonchev–Trinajstić information content (AvgIpc) is 3.30. The maximum Gasteiger partial charge on any atom is 0.289 e. The van der Waals surface area contributed by atoms with Gasteiger partial charge < -0.3 is 19.2 Å². The van der Waals surface area contributed by atoms with Gasteiger partial charge in [-0.25, -0.2) is 0 Å². The van der Waals surface area contributed by atoms with Gasteiger partial charge in [-0.1, -0.05) is 17.7 Å². The van der Waals surface area contributed by atoms with Crippen LogP contribution in [0.15, 0.2) is 47.2 Å². The summed E-state index contributed by atoms with van der Waals surface area (Å²) in [6.07, 6.45) is 3.19. The molecule has 3 heterocycles. The van der Waals surface area contributed by atoms with Gasteiger partial charge in [0.15, 0.2) is 5.76 Å². The largest absolute Gasteiger partial charge is 0.459 e. The van der Waals surface area contributed by atoms with Gasteiger partial charge in [-0.3, -0.25) is 9.59 Å². The quantitative estimate of drug-likeness (QED) is 0.766. The molecule has 4 rings (SSSR count). The summed E-state index contributed by atoms with van der Waals surface area (Å²) in [6.45, 7) is 1.95. The molecule has 7 heteroatoms. The number of H-pyrrole nitrogens is 1. The molecule has 3 aromatic rings. The van der Waals surface area contributed by atoms with Crippen LogP contribution in [0.25, 0.3) is 10.9 Å². The van der Waals surface area contributed by atoms with E-state index < -0.39 is 0 Å². The Morgan fingerprint density at radius 2 is 1.76 bits per heavy atom. The van der Waals surface area contributed by atoms with Crippen molar-refractivity contribution in [2.45, 2.75) is 0 Å². The molecule has 0 radical (unpaired) electrons. The van der Waals surface area contributed by atoms with Crippen molar-refractivity contribution < 1.29 is 14.0 Å². The van der Waals surface area contributed by atoms with Gasteiger partial charge >= 0.3 is 0 Å². The van der Waals surface area contributed by atoms with E-state index in [0.29, 0.717) is 42.5 Å². The molecule has 6 nitrogen and oxygen atoms in total. The minimum absolute atomic E-state index is 0.0429. The zero-order valence-electron chi connectivity index (χ0n) is 13.4. The van der Waals surface area contributed by atoms with Gasteiger partial charge in [0, 0.05) is 48.3 Å². The number of aromatic nitrogens is 1. The lowest BCUT2D eigenvalue weighted by Gasteiger charge is -2.34. The number of rotatable bonds is 2. The third-order valence-electron chi connectivity index (χ3n) is 4.46. The Balaban J connectivity index is 1.46. The van der Waals surface area contributed by atoms with E-state index in [1.54, 1.807) is 40.3 Å². The second-order valence-electron chi connectivity index (χ2n) is 5.95. The molecule has 1 saturated heterocycles. The third kappa shape index (κ3) is 2.89. The molecule has 0 unspecified atom stereocenters. The Morgan fingerprint density at radius 3 is 2.44 bits per heavy atom. The van der Waals surface area contributed by atoms with Crippen molar-refractivity contribution in [3.63, 3.8) is 0 Å². The van der Waals surface area contributed by atoms with Crippen LogP contribution in [-0.4, -0.2) is 52.8 Å². The van der Waals surface area contributed by atoms with Crippen LogP contribution in [0.3, 0.4) is 0 Å². The summed E-state index contributed by atoms with van der Waals surface area (Å²) in [5.41, 5.74) is 1.46. The van der Waals surface area contributed by atoms with Crippen molar-refractivity contribution in [3.8, 4) is 0 Å². The van der Waals surface area contributed by atoms with E-state index in [9.17, 15) is 9.59 Å². The maximum atomic E-state index is 12.8. The number of hydrogen-bond donors (Lipinski definition) is 1. The van der Waals surface area contributed by atoms with E-state index in [2.05, 4.69) is 4.98 Å². The summed E-state index contributed by atoms with van der Waals surface area (Å²) in [7, 11) is 0. The standard InChI is InChI=1S/C18H16ClN3O3/c19-12-3-4-13-14(11-20-15(13)10-12)17(23)21-5-7-22(8-6-21)18(24)16-2-1-9-25-16/h1-4,9-11,20H,5-8H2. The molecule has 25 heavy (non-hydrogen) atoms. The molecule has 128 valence electrons. The van der Waals surface area contributed by atoms with Gasteiger partial charge in [-0.15, -0.1) is 0 Å². The molecule has 0 spiro atoms. The van der Waals surface area contributed by atoms with E-state index in [1.807, 2.05) is 6.07 Å². The SMILES string of the molecule is O=C(c1ccco1)N1CCN(C(=O)c2c[nH]c3cc(Cl)ccc23)CC1. The van der Waals surface area contributed by atoms with Gasteiger partial charge in [0.2, 0.25) is 0 Å². The number of carbonyl (C=O) groups excluding carboxylic acids is 2. The summed E-state index contributed by atoms with van der Waals surface area (Å²) < 4.78 is 5.15. The number of nitrogens with zero attached hydrogens (tertiary/aromatic N) is 2. The summed E-state index contributed by atoms with van der Waals surface area (Å²) in [5, 5.41) is 1.47. The Morgan fingerprint density at radius 1 is 1.04 bits per heavy atom. The van der Waals surface area contributed by atoms with Crippen LogP contribution in [0.1, 0.15) is 20.9 Å². The second-order valence-corrected chi connectivity index (χ2v) is 6.39. The van der Waals surface area contributed by atoms with Crippen molar-refractivity contribution >= 4 is 34.3 Å². The van der Waals surface area contributed by atoms with E-state index in [-0.39, 0.29) is 11.8 Å². The highest BCUT2D eigenvalue weighted by Gasteiger charge is 2.27. The van der Waals surface area contributed by atoms with Crippen molar-refractivity contribution in [2.24, 2.45) is 0 Å². The molecule has 2 amide bonds. The first-order chi connectivity index (χ1) is 12.1. The fraction of sp³-hybridized carbons (Fsp3) is 0.222. The number of fused-ring (bicyclic) bond motifs is 1. The van der Waals surface area contributed by atoms with Gasteiger partial charge in [0.25, 0.3) is 11.8 Å². The summed E-state index contributed by atoms with van der Waals surface area (Å²) in [5.74, 6) is 0.144. The molecular formula is C18H16ClN3O3. The fourth-order valence-electron chi connectivity index (χ4n) is 3.11. The Kier molecular flexibility index (Phi) is 3.97. The first-order valence-corrected chi connectivity index (χ1v) is 8.40. The summed E-state index contributed by atoms with van der Waals surface area (Å²) >= 11 is 5.98. The minimum Gasteiger partial charge on any atom is -0.459 e. The Hall–Kier alpha value is -2.73. The smallest absolute Gasteiger partial charge is 0.289 e. The number of furan rings is 1. The molecular weight excluding hydrogens is 342 g/mol. The zero-order chi connectivity index (χ0) is 17.4. The van der Waals surface area contributed by atoms with Gasteiger partial charge in [-0.2, -0.15) is 0 Å². The lowest BCUT2D eigenvalue weighted by molar-refractivity contribution is 0.0519. The van der Waals surface area contributed by atoms with Crippen LogP contribution in [0.4, 0.5) is 0 Å². The molecule has 0 aliphatic carbocycles. The number of amides is 2. The topological polar surface area (TPSA) is 69.6 Å². The number of aromatic amines is 1. The van der Waals surface area contributed by atoms with Gasteiger partial charge in [0.1, 0.15) is 0 Å². The predicted molar refractivity (Wildman–Crippen MR) is 93.8 cm³/mol. The van der Waals surface area contributed by atoms with Gasteiger partial charge in [-0.05, 0) is 24.3 Å². The fourth-order valence-corrected chi connectivity index (χ4v) is 3.29. The second kappa shape index (κ2) is 6.29. The highest BCUT2D eigenvalue weighted by molar-refractivity contribution is 6.31. The average molecular weight is 358 g/mol. The molecule has 1 aliphatic rings. The highest BCUT2D eigenvalue weighted by atomic mass is 35.5. The first-order valence-electron chi connectivity index (χ1n) is 8.02. The van der Waals surface area contributed by atoms with Crippen LogP contribution in [0, 0.1) is 0 Å². The monoisotopic (exact) mass is 357 g/mol. The Labute approximate surface area is 149 Å². The van der Waals surface area contributed by atoms with Crippen molar-refractivity contribution in [3.05, 3.63) is 59.1 Å². The van der Waals surface area contributed by atoms with E-state index in [1.165, 1.54) is 6.26 Å². The van der Waals surface area contributed by atoms with E-state index in [4.69, 9.17) is 16.0 Å². The van der Waals surface area contributed by atoms with Crippen molar-refractivity contribution in [2.75, 3.05) is 26.2 Å². The molecule has 2 aromatic heterocycles. The Bertz CT molecular complexity index is 924. The number of benzene rings is 1. The minimum atomic E-state index is -0.140. The van der Waals surface area contributed by atoms with Crippen LogP contribution in [0.2, 0.25) is 5.02 Å². The van der Waals surface area contributed by atoms with Gasteiger partial charge in [0.05, 0.1) is 11.8 Å². The number of halogens is 1. The number of hydrogen-bond acceptors (Lipinski definition) is 3. The molecule has 0 atom stereocenters. The first kappa shape index (κ1) is 15.8. The highest BCUT2D eigenvalue weighted by Crippen LogP contribution is 2.23. The molecule has 1 aliphatic heterocycles. The molecule has 1 aromatic carbocycles. The molecule has 1 N–H and O–H groups in total. The van der Waals surface area contributed by atoms with E-state index in [0.717, 1.165) is 10.9 Å². The summed E-state index contributed by atoms with van der Waals surface area (Å²) in [6, 6.07) is 8.76. The van der Waals surface area contributed by atoms with Crippen LogP contribution < -0.4 is 0 Å². The predicted octanol–water partition coefficient (Wildman–Crippen LogP) is 3.01. The lowest BCUT2D eigenvalue weighted by Crippen LogP contribution is -2.50. The van der Waals surface area contributed by atoms with E-state index >= 15 is 0 Å². The van der Waals surface area contributed by atoms with Crippen LogP contribution >= 0.6 is 11.6 Å². The molecule has 0 bridgehead atoms. The van der Waals surface area contributed by atoms with Crippen molar-refractivity contribution in [1.29, 1.82) is 0 Å². The number of carbonyl (C=O) groups is 2. The van der Waals surface area contributed by atoms with Crippen LogP contribution in [0.5, 0.6) is 0 Å². The lowest BCUT2D eigenvalue weighted by atomic mass is 10.1. The number of piperazine rings is 1. The summed E-state index contributed by atoms with van der Waals surface area (Å²) in [4.78, 5) is 31.7. The normalized spacial score (nSPS) is 14.9. The molecule has 0 saturated carbocycles. The molecule has 1 fully saturated rings. The third-order valence-corrected chi connectivity index (χ3v) is 4.70. The number of nitrogens with one attached hydrogen (secondary N) is 1.